The Kier molecular flexibility index (Phi) is 4.22. The van der Waals surface area contributed by atoms with Crippen molar-refractivity contribution in [2.75, 3.05) is 0 Å². The quantitative estimate of drug-likeness (QED) is 0.487. The Hall–Kier alpha value is -1.97. The first-order chi connectivity index (χ1) is 11.4. The molecule has 0 spiro atoms. The molecule has 0 N–H and O–H groups in total. The second-order valence-corrected chi connectivity index (χ2v) is 7.53. The van der Waals surface area contributed by atoms with E-state index < -0.39 is 0 Å². The van der Waals surface area contributed by atoms with Gasteiger partial charge >= 0.3 is 0 Å². The molecule has 0 amide bonds. The van der Waals surface area contributed by atoms with E-state index in [1.54, 1.807) is 45.4 Å². The van der Waals surface area contributed by atoms with Crippen LogP contribution in [0.3, 0.4) is 0 Å². The second kappa shape index (κ2) is 6.65. The van der Waals surface area contributed by atoms with Crippen molar-refractivity contribution in [3.8, 4) is 10.8 Å². The zero-order valence-corrected chi connectivity index (χ0v) is 14.3. The van der Waals surface area contributed by atoms with Crippen LogP contribution in [0, 0.1) is 0 Å². The number of nitrogens with zero attached hydrogens (tertiary/aromatic N) is 5. The predicted molar refractivity (Wildman–Crippen MR) is 90.6 cm³/mol. The topological polar surface area (TPSA) is 69.6 Å². The number of rotatable bonds is 6. The molecular formula is C14H11N5OS3. The molecule has 0 bridgehead atoms. The molecule has 0 saturated heterocycles. The Morgan fingerprint density at radius 2 is 2.09 bits per heavy atom. The molecule has 0 aliphatic rings. The molecular weight excluding hydrogens is 350 g/mol. The number of thioether (sulfide) groups is 1. The van der Waals surface area contributed by atoms with E-state index in [0.717, 1.165) is 15.7 Å². The van der Waals surface area contributed by atoms with Gasteiger partial charge in [-0.25, -0.2) is 9.67 Å². The fraction of sp³-hybridized carbons (Fsp3) is 0.143. The summed E-state index contributed by atoms with van der Waals surface area (Å²) in [5.74, 6) is 1.33. The third kappa shape index (κ3) is 3.36. The van der Waals surface area contributed by atoms with E-state index in [0.29, 0.717) is 18.2 Å². The molecule has 0 aliphatic heterocycles. The van der Waals surface area contributed by atoms with Gasteiger partial charge in [-0.2, -0.15) is 0 Å². The van der Waals surface area contributed by atoms with Crippen molar-refractivity contribution in [1.82, 2.24) is 25.2 Å². The highest BCUT2D eigenvalue weighted by molar-refractivity contribution is 7.98. The second-order valence-electron chi connectivity index (χ2n) is 4.61. The van der Waals surface area contributed by atoms with Crippen molar-refractivity contribution < 1.29 is 4.42 Å². The third-order valence-corrected chi connectivity index (χ3v) is 5.73. The van der Waals surface area contributed by atoms with E-state index >= 15 is 0 Å². The van der Waals surface area contributed by atoms with Crippen LogP contribution in [-0.2, 0) is 12.3 Å². The minimum Gasteiger partial charge on any atom is -0.444 e. The number of hydrogen-bond acceptors (Lipinski definition) is 8. The van der Waals surface area contributed by atoms with Crippen LogP contribution in [-0.4, -0.2) is 25.2 Å². The van der Waals surface area contributed by atoms with E-state index in [9.17, 15) is 0 Å². The number of oxazole rings is 1. The highest BCUT2D eigenvalue weighted by Gasteiger charge is 2.11. The number of thiophene rings is 2. The maximum absolute atomic E-state index is 5.52. The molecule has 4 rings (SSSR count). The van der Waals surface area contributed by atoms with Gasteiger partial charge in [-0.15, -0.1) is 27.8 Å². The molecule has 4 heterocycles. The fourth-order valence-electron chi connectivity index (χ4n) is 1.97. The lowest BCUT2D eigenvalue weighted by Gasteiger charge is -2.01. The Labute approximate surface area is 144 Å². The Bertz CT molecular complexity index is 866. The largest absolute Gasteiger partial charge is 0.444 e. The minimum atomic E-state index is 0.661. The fourth-order valence-corrected chi connectivity index (χ4v) is 4.07. The summed E-state index contributed by atoms with van der Waals surface area (Å²) < 4.78 is 7.33. The van der Waals surface area contributed by atoms with Crippen LogP contribution in [0.5, 0.6) is 0 Å². The minimum absolute atomic E-state index is 0.661. The molecule has 0 unspecified atom stereocenters. The van der Waals surface area contributed by atoms with Gasteiger partial charge in [0, 0.05) is 10.6 Å². The van der Waals surface area contributed by atoms with Crippen LogP contribution in [0.25, 0.3) is 10.8 Å². The van der Waals surface area contributed by atoms with E-state index in [1.165, 1.54) is 4.88 Å². The summed E-state index contributed by atoms with van der Waals surface area (Å²) in [6, 6.07) is 8.08. The van der Waals surface area contributed by atoms with Crippen molar-refractivity contribution in [2.24, 2.45) is 0 Å². The molecule has 0 saturated carbocycles. The molecule has 4 aromatic heterocycles. The SMILES string of the molecule is c1csc(Cn2nnnc2SCc2coc(-c3cccs3)n2)c1. The normalized spacial score (nSPS) is 11.1. The van der Waals surface area contributed by atoms with Gasteiger partial charge in [0.05, 0.1) is 17.1 Å². The lowest BCUT2D eigenvalue weighted by Crippen LogP contribution is -2.02. The average Bonchev–Trinajstić information content (AvgIpc) is 3.34. The van der Waals surface area contributed by atoms with Gasteiger partial charge in [0.2, 0.25) is 11.0 Å². The number of hydrogen-bond donors (Lipinski definition) is 0. The Morgan fingerprint density at radius 1 is 1.17 bits per heavy atom. The highest BCUT2D eigenvalue weighted by atomic mass is 32.2. The van der Waals surface area contributed by atoms with Gasteiger partial charge in [0.25, 0.3) is 0 Å². The maximum Gasteiger partial charge on any atom is 0.236 e. The molecule has 0 aliphatic carbocycles. The number of aromatic nitrogens is 5. The summed E-state index contributed by atoms with van der Waals surface area (Å²) in [6.45, 7) is 0.687. The first-order valence-corrected chi connectivity index (χ1v) is 9.52. The van der Waals surface area contributed by atoms with Gasteiger partial charge in [-0.05, 0) is 33.3 Å². The highest BCUT2D eigenvalue weighted by Crippen LogP contribution is 2.26. The third-order valence-electron chi connectivity index (χ3n) is 3.02. The van der Waals surface area contributed by atoms with Crippen LogP contribution in [0.4, 0.5) is 0 Å². The smallest absolute Gasteiger partial charge is 0.236 e. The summed E-state index contributed by atoms with van der Waals surface area (Å²) in [7, 11) is 0. The zero-order valence-electron chi connectivity index (χ0n) is 11.8. The van der Waals surface area contributed by atoms with Crippen molar-refractivity contribution in [3.05, 3.63) is 51.9 Å². The van der Waals surface area contributed by atoms with Crippen molar-refractivity contribution in [1.29, 1.82) is 0 Å². The summed E-state index contributed by atoms with van der Waals surface area (Å²) >= 11 is 4.86. The Balaban J connectivity index is 1.43. The molecule has 6 nitrogen and oxygen atoms in total. The summed E-state index contributed by atoms with van der Waals surface area (Å²) in [4.78, 5) is 6.76. The molecule has 0 atom stereocenters. The summed E-state index contributed by atoms with van der Waals surface area (Å²) in [6.07, 6.45) is 1.69. The van der Waals surface area contributed by atoms with Crippen LogP contribution < -0.4 is 0 Å². The standard InChI is InChI=1S/C14H11N5OS3/c1-3-11(21-5-1)7-19-14(16-17-18-19)23-9-10-8-20-13(15-10)12-4-2-6-22-12/h1-6,8H,7,9H2. The summed E-state index contributed by atoms with van der Waals surface area (Å²) in [5.41, 5.74) is 0.879. The number of tetrazole rings is 1. The Morgan fingerprint density at radius 3 is 2.91 bits per heavy atom. The molecule has 116 valence electrons. The molecule has 4 aromatic rings. The van der Waals surface area contributed by atoms with Crippen LogP contribution in [0.1, 0.15) is 10.6 Å². The van der Waals surface area contributed by atoms with Crippen LogP contribution in [0.2, 0.25) is 0 Å². The molecule has 0 radical (unpaired) electrons. The monoisotopic (exact) mass is 361 g/mol. The van der Waals surface area contributed by atoms with Crippen LogP contribution >= 0.6 is 34.4 Å². The van der Waals surface area contributed by atoms with Crippen molar-refractivity contribution in [3.63, 3.8) is 0 Å². The van der Waals surface area contributed by atoms with Gasteiger partial charge in [-0.3, -0.25) is 0 Å². The van der Waals surface area contributed by atoms with Gasteiger partial charge in [0.15, 0.2) is 0 Å². The summed E-state index contributed by atoms with van der Waals surface area (Å²) in [5, 5.41) is 16.7. The first kappa shape index (κ1) is 14.6. The van der Waals surface area contributed by atoms with Crippen molar-refractivity contribution >= 4 is 34.4 Å². The van der Waals surface area contributed by atoms with Crippen LogP contribution in [0.15, 0.2) is 50.9 Å². The average molecular weight is 361 g/mol. The molecule has 0 aromatic carbocycles. The zero-order chi connectivity index (χ0) is 15.5. The maximum atomic E-state index is 5.52. The molecule has 0 fully saturated rings. The van der Waals surface area contributed by atoms with E-state index in [-0.39, 0.29) is 0 Å². The first-order valence-electron chi connectivity index (χ1n) is 6.78. The molecule has 9 heteroatoms. The van der Waals surface area contributed by atoms with Crippen molar-refractivity contribution in [2.45, 2.75) is 17.5 Å². The van der Waals surface area contributed by atoms with E-state index in [4.69, 9.17) is 4.42 Å². The predicted octanol–water partition coefficient (Wildman–Crippen LogP) is 3.79. The van der Waals surface area contributed by atoms with E-state index in [2.05, 4.69) is 26.6 Å². The van der Waals surface area contributed by atoms with Gasteiger partial charge in [-0.1, -0.05) is 23.9 Å². The lowest BCUT2D eigenvalue weighted by molar-refractivity contribution is 0.575. The van der Waals surface area contributed by atoms with Gasteiger partial charge in [0.1, 0.15) is 6.26 Å². The lowest BCUT2D eigenvalue weighted by atomic mass is 10.5. The van der Waals surface area contributed by atoms with Gasteiger partial charge < -0.3 is 4.42 Å². The molecule has 23 heavy (non-hydrogen) atoms. The van der Waals surface area contributed by atoms with E-state index in [1.807, 2.05) is 29.0 Å².